The number of hydrogen-bond acceptors (Lipinski definition) is 7. The maximum atomic E-state index is 12.9. The van der Waals surface area contributed by atoms with Crippen LogP contribution in [0.15, 0.2) is 60.7 Å². The molecule has 0 aliphatic heterocycles. The number of carbonyl (C=O) groups excluding carboxylic acids is 4. The van der Waals surface area contributed by atoms with Crippen LogP contribution in [0.5, 0.6) is 0 Å². The fourth-order valence-corrected chi connectivity index (χ4v) is 2.96. The first-order valence-electron chi connectivity index (χ1n) is 11.4. The standard InChI is InChI=1S/C26H33N3O7/c1-26(2,3)36-25(33)29-21(17-34-15-18-10-6-4-7-11-18)24(32)28-20(23(27)31)14-22(30)35-16-19-12-8-5-9-13-19/h4-13,20-21H,14-17H2,1-3H3,(H2,27,31)(H,28,32)(H,29,33)/t20-,21+/m1/s1. The summed E-state index contributed by atoms with van der Waals surface area (Å²) in [6.45, 7) is 5.01. The first kappa shape index (κ1) is 28.3. The van der Waals surface area contributed by atoms with Crippen molar-refractivity contribution in [3.8, 4) is 0 Å². The fourth-order valence-electron chi connectivity index (χ4n) is 2.96. The zero-order chi connectivity index (χ0) is 26.6. The summed E-state index contributed by atoms with van der Waals surface area (Å²) < 4.78 is 16.0. The van der Waals surface area contributed by atoms with Gasteiger partial charge in [0.15, 0.2) is 0 Å². The van der Waals surface area contributed by atoms with Gasteiger partial charge in [0.2, 0.25) is 11.8 Å². The van der Waals surface area contributed by atoms with Crippen LogP contribution >= 0.6 is 0 Å². The monoisotopic (exact) mass is 499 g/mol. The van der Waals surface area contributed by atoms with Gasteiger partial charge < -0.3 is 30.6 Å². The first-order chi connectivity index (χ1) is 17.0. The van der Waals surface area contributed by atoms with Crippen molar-refractivity contribution in [1.29, 1.82) is 0 Å². The quantitative estimate of drug-likeness (QED) is 0.380. The van der Waals surface area contributed by atoms with E-state index in [-0.39, 0.29) is 19.8 Å². The highest BCUT2D eigenvalue weighted by atomic mass is 16.6. The number of carbonyl (C=O) groups is 4. The highest BCUT2D eigenvalue weighted by molar-refractivity contribution is 5.92. The molecule has 4 N–H and O–H groups in total. The van der Waals surface area contributed by atoms with E-state index in [1.165, 1.54) is 0 Å². The summed E-state index contributed by atoms with van der Waals surface area (Å²) in [6, 6.07) is 15.7. The molecule has 194 valence electrons. The van der Waals surface area contributed by atoms with E-state index < -0.39 is 48.0 Å². The molecule has 36 heavy (non-hydrogen) atoms. The van der Waals surface area contributed by atoms with E-state index in [9.17, 15) is 19.2 Å². The molecule has 0 radical (unpaired) electrons. The minimum Gasteiger partial charge on any atom is -0.461 e. The lowest BCUT2D eigenvalue weighted by atomic mass is 10.1. The van der Waals surface area contributed by atoms with Gasteiger partial charge in [0.1, 0.15) is 24.3 Å². The number of ether oxygens (including phenoxy) is 3. The number of rotatable bonds is 12. The molecule has 2 atom stereocenters. The van der Waals surface area contributed by atoms with Gasteiger partial charge in [-0.25, -0.2) is 4.79 Å². The van der Waals surface area contributed by atoms with Crippen molar-refractivity contribution < 1.29 is 33.4 Å². The Balaban J connectivity index is 1.99. The molecule has 2 aromatic rings. The van der Waals surface area contributed by atoms with Crippen LogP contribution in [0.4, 0.5) is 4.79 Å². The average molecular weight is 500 g/mol. The van der Waals surface area contributed by atoms with Crippen molar-refractivity contribution in [2.45, 2.75) is 58.1 Å². The van der Waals surface area contributed by atoms with E-state index in [1.54, 1.807) is 45.0 Å². The largest absolute Gasteiger partial charge is 0.461 e. The lowest BCUT2D eigenvalue weighted by Crippen LogP contribution is -2.55. The van der Waals surface area contributed by atoms with Crippen molar-refractivity contribution >= 4 is 23.9 Å². The molecule has 10 heteroatoms. The number of benzene rings is 2. The molecule has 0 spiro atoms. The van der Waals surface area contributed by atoms with E-state index in [0.717, 1.165) is 11.1 Å². The molecular weight excluding hydrogens is 466 g/mol. The van der Waals surface area contributed by atoms with Gasteiger partial charge in [0.25, 0.3) is 0 Å². The number of amides is 3. The Kier molecular flexibility index (Phi) is 10.9. The second kappa shape index (κ2) is 13.8. The van der Waals surface area contributed by atoms with Crippen molar-refractivity contribution in [3.63, 3.8) is 0 Å². The predicted octanol–water partition coefficient (Wildman–Crippen LogP) is 2.20. The molecular formula is C26H33N3O7. The summed E-state index contributed by atoms with van der Waals surface area (Å²) in [6.07, 6.45) is -1.32. The topological polar surface area (TPSA) is 146 Å². The fraction of sp³-hybridized carbons (Fsp3) is 0.385. The van der Waals surface area contributed by atoms with Gasteiger partial charge in [0.05, 0.1) is 19.6 Å². The van der Waals surface area contributed by atoms with Crippen LogP contribution in [0.1, 0.15) is 38.3 Å². The van der Waals surface area contributed by atoms with Gasteiger partial charge >= 0.3 is 12.1 Å². The Hall–Kier alpha value is -3.92. The molecule has 2 aromatic carbocycles. The second-order valence-corrected chi connectivity index (χ2v) is 9.01. The molecule has 0 unspecified atom stereocenters. The van der Waals surface area contributed by atoms with Gasteiger partial charge in [-0.15, -0.1) is 0 Å². The molecule has 10 nitrogen and oxygen atoms in total. The summed E-state index contributed by atoms with van der Waals surface area (Å²) in [5, 5.41) is 4.84. The van der Waals surface area contributed by atoms with E-state index in [1.807, 2.05) is 36.4 Å². The summed E-state index contributed by atoms with van der Waals surface area (Å²) in [7, 11) is 0. The Morgan fingerprint density at radius 1 is 0.833 bits per heavy atom. The highest BCUT2D eigenvalue weighted by Gasteiger charge is 2.29. The zero-order valence-corrected chi connectivity index (χ0v) is 20.7. The number of primary amides is 1. The summed E-state index contributed by atoms with van der Waals surface area (Å²) in [4.78, 5) is 49.4. The van der Waals surface area contributed by atoms with Crippen LogP contribution < -0.4 is 16.4 Å². The number of nitrogens with two attached hydrogens (primary N) is 1. The molecule has 0 heterocycles. The van der Waals surface area contributed by atoms with Crippen molar-refractivity contribution in [2.75, 3.05) is 6.61 Å². The Morgan fingerprint density at radius 3 is 1.92 bits per heavy atom. The lowest BCUT2D eigenvalue weighted by molar-refractivity contribution is -0.147. The molecule has 0 fully saturated rings. The predicted molar refractivity (Wildman–Crippen MR) is 131 cm³/mol. The van der Waals surface area contributed by atoms with Gasteiger partial charge in [0, 0.05) is 0 Å². The first-order valence-corrected chi connectivity index (χ1v) is 11.4. The minimum absolute atomic E-state index is 0.00918. The van der Waals surface area contributed by atoms with Crippen LogP contribution in [0.3, 0.4) is 0 Å². The third-order valence-corrected chi connectivity index (χ3v) is 4.68. The van der Waals surface area contributed by atoms with E-state index in [0.29, 0.717) is 0 Å². The Bertz CT molecular complexity index is 1010. The van der Waals surface area contributed by atoms with Crippen LogP contribution in [-0.4, -0.2) is 48.2 Å². The molecule has 0 saturated heterocycles. The number of nitrogens with one attached hydrogen (secondary N) is 2. The van der Waals surface area contributed by atoms with Crippen LogP contribution in [0.2, 0.25) is 0 Å². The van der Waals surface area contributed by atoms with Gasteiger partial charge in [-0.3, -0.25) is 14.4 Å². The summed E-state index contributed by atoms with van der Waals surface area (Å²) >= 11 is 0. The molecule has 0 bridgehead atoms. The van der Waals surface area contributed by atoms with Crippen molar-refractivity contribution in [3.05, 3.63) is 71.8 Å². The van der Waals surface area contributed by atoms with Gasteiger partial charge in [-0.05, 0) is 31.9 Å². The highest BCUT2D eigenvalue weighted by Crippen LogP contribution is 2.08. The van der Waals surface area contributed by atoms with Crippen LogP contribution in [0, 0.1) is 0 Å². The number of hydrogen-bond donors (Lipinski definition) is 3. The van der Waals surface area contributed by atoms with Crippen LogP contribution in [-0.2, 0) is 41.8 Å². The van der Waals surface area contributed by atoms with E-state index >= 15 is 0 Å². The number of alkyl carbamates (subject to hydrolysis) is 1. The SMILES string of the molecule is CC(C)(C)OC(=O)N[C@@H](COCc1ccccc1)C(=O)N[C@H](CC(=O)OCc1ccccc1)C(N)=O. The molecule has 0 aromatic heterocycles. The third kappa shape index (κ3) is 11.0. The zero-order valence-electron chi connectivity index (χ0n) is 20.7. The maximum absolute atomic E-state index is 12.9. The van der Waals surface area contributed by atoms with E-state index in [2.05, 4.69) is 10.6 Å². The third-order valence-electron chi connectivity index (χ3n) is 4.68. The van der Waals surface area contributed by atoms with E-state index in [4.69, 9.17) is 19.9 Å². The lowest BCUT2D eigenvalue weighted by Gasteiger charge is -2.24. The van der Waals surface area contributed by atoms with Crippen molar-refractivity contribution in [1.82, 2.24) is 10.6 Å². The van der Waals surface area contributed by atoms with Crippen molar-refractivity contribution in [2.24, 2.45) is 5.73 Å². The van der Waals surface area contributed by atoms with Gasteiger partial charge in [-0.2, -0.15) is 0 Å². The van der Waals surface area contributed by atoms with Gasteiger partial charge in [-0.1, -0.05) is 60.7 Å². The second-order valence-electron chi connectivity index (χ2n) is 9.01. The Labute approximate surface area is 210 Å². The molecule has 3 amide bonds. The smallest absolute Gasteiger partial charge is 0.408 e. The molecule has 0 saturated carbocycles. The molecule has 2 rings (SSSR count). The average Bonchev–Trinajstić information content (AvgIpc) is 2.81. The van der Waals surface area contributed by atoms with Crippen LogP contribution in [0.25, 0.3) is 0 Å². The molecule has 0 aliphatic carbocycles. The minimum atomic E-state index is -1.35. The number of esters is 1. The summed E-state index contributed by atoms with van der Waals surface area (Å²) in [5.41, 5.74) is 6.23. The maximum Gasteiger partial charge on any atom is 0.408 e. The summed E-state index contributed by atoms with van der Waals surface area (Å²) in [5.74, 6) is -2.42. The Morgan fingerprint density at radius 2 is 1.39 bits per heavy atom. The normalized spacial score (nSPS) is 12.6. The molecule has 0 aliphatic rings.